The number of nitrogens with one attached hydrogen (secondary N) is 1. The summed E-state index contributed by atoms with van der Waals surface area (Å²) in [6.45, 7) is 8.61. The highest BCUT2D eigenvalue weighted by molar-refractivity contribution is 5.17. The minimum atomic E-state index is -0.274. The van der Waals surface area contributed by atoms with Crippen molar-refractivity contribution in [3.05, 3.63) is 17.7 Å². The van der Waals surface area contributed by atoms with E-state index >= 15 is 0 Å². The van der Waals surface area contributed by atoms with Crippen molar-refractivity contribution in [1.29, 1.82) is 0 Å². The predicted octanol–water partition coefficient (Wildman–Crippen LogP) is 2.29. The molecule has 1 fully saturated rings. The van der Waals surface area contributed by atoms with Crippen LogP contribution in [0.2, 0.25) is 0 Å². The molecule has 84 valence electrons. The SMILES string of the molecule is CC(C)(C)c1cnc(C(C)(N)C2CC2)[nH]1. The number of hydrogen-bond donors (Lipinski definition) is 2. The number of rotatable bonds is 2. The van der Waals surface area contributed by atoms with E-state index in [1.165, 1.54) is 12.8 Å². The third-order valence-electron chi connectivity index (χ3n) is 3.32. The van der Waals surface area contributed by atoms with Gasteiger partial charge in [-0.1, -0.05) is 20.8 Å². The van der Waals surface area contributed by atoms with Crippen molar-refractivity contribution in [2.24, 2.45) is 11.7 Å². The van der Waals surface area contributed by atoms with Crippen LogP contribution in [0.1, 0.15) is 52.1 Å². The van der Waals surface area contributed by atoms with Gasteiger partial charge in [0.05, 0.1) is 5.54 Å². The van der Waals surface area contributed by atoms with Crippen LogP contribution in [0.15, 0.2) is 6.20 Å². The molecule has 0 aromatic carbocycles. The van der Waals surface area contributed by atoms with Gasteiger partial charge in [0.2, 0.25) is 0 Å². The first kappa shape index (κ1) is 10.7. The molecule has 1 heterocycles. The molecule has 0 saturated heterocycles. The highest BCUT2D eigenvalue weighted by atomic mass is 15.0. The molecule has 1 saturated carbocycles. The van der Waals surface area contributed by atoms with Crippen LogP contribution in [0.5, 0.6) is 0 Å². The van der Waals surface area contributed by atoms with Gasteiger partial charge in [-0.05, 0) is 25.7 Å². The Kier molecular flexibility index (Phi) is 2.19. The zero-order chi connectivity index (χ0) is 11.3. The zero-order valence-corrected chi connectivity index (χ0v) is 10.1. The fourth-order valence-electron chi connectivity index (χ4n) is 1.85. The molecule has 1 atom stereocenters. The van der Waals surface area contributed by atoms with Gasteiger partial charge in [-0.3, -0.25) is 0 Å². The van der Waals surface area contributed by atoms with Crippen LogP contribution < -0.4 is 5.73 Å². The lowest BCUT2D eigenvalue weighted by Gasteiger charge is -2.22. The molecule has 0 amide bonds. The quantitative estimate of drug-likeness (QED) is 0.781. The van der Waals surface area contributed by atoms with E-state index in [0.717, 1.165) is 11.5 Å². The Morgan fingerprint density at radius 3 is 2.33 bits per heavy atom. The van der Waals surface area contributed by atoms with Gasteiger partial charge in [0.25, 0.3) is 0 Å². The van der Waals surface area contributed by atoms with Crippen LogP contribution in [0.3, 0.4) is 0 Å². The molecule has 1 aromatic rings. The number of imidazole rings is 1. The number of aromatic amines is 1. The number of nitrogens with two attached hydrogens (primary N) is 1. The van der Waals surface area contributed by atoms with Crippen molar-refractivity contribution < 1.29 is 0 Å². The monoisotopic (exact) mass is 207 g/mol. The summed E-state index contributed by atoms with van der Waals surface area (Å²) >= 11 is 0. The molecule has 0 bridgehead atoms. The minimum Gasteiger partial charge on any atom is -0.344 e. The standard InChI is InChI=1S/C12H21N3/c1-11(2,3)9-7-14-10(15-9)12(4,13)8-5-6-8/h7-8H,5-6,13H2,1-4H3,(H,14,15). The molecule has 3 nitrogen and oxygen atoms in total. The Balaban J connectivity index is 2.27. The van der Waals surface area contributed by atoms with Crippen molar-refractivity contribution in [3.8, 4) is 0 Å². The zero-order valence-electron chi connectivity index (χ0n) is 10.1. The molecule has 1 aromatic heterocycles. The summed E-state index contributed by atoms with van der Waals surface area (Å²) < 4.78 is 0. The van der Waals surface area contributed by atoms with Gasteiger partial charge in [-0.25, -0.2) is 4.98 Å². The first-order valence-electron chi connectivity index (χ1n) is 5.66. The highest BCUT2D eigenvalue weighted by Gasteiger charge is 2.42. The van der Waals surface area contributed by atoms with Gasteiger partial charge in [-0.15, -0.1) is 0 Å². The van der Waals surface area contributed by atoms with Crippen LogP contribution in [0.25, 0.3) is 0 Å². The molecule has 3 heteroatoms. The second kappa shape index (κ2) is 3.08. The molecule has 1 unspecified atom stereocenters. The van der Waals surface area contributed by atoms with Crippen LogP contribution >= 0.6 is 0 Å². The molecular formula is C12H21N3. The van der Waals surface area contributed by atoms with E-state index in [1.807, 2.05) is 6.20 Å². The second-order valence-corrected chi connectivity index (χ2v) is 5.95. The minimum absolute atomic E-state index is 0.116. The first-order valence-corrected chi connectivity index (χ1v) is 5.66. The molecule has 0 aliphatic heterocycles. The van der Waals surface area contributed by atoms with Crippen LogP contribution in [-0.4, -0.2) is 9.97 Å². The lowest BCUT2D eigenvalue weighted by atomic mass is 9.93. The largest absolute Gasteiger partial charge is 0.344 e. The average Bonchev–Trinajstić information content (AvgIpc) is 2.80. The third-order valence-corrected chi connectivity index (χ3v) is 3.32. The highest BCUT2D eigenvalue weighted by Crippen LogP contribution is 2.43. The molecule has 0 radical (unpaired) electrons. The Hall–Kier alpha value is -0.830. The average molecular weight is 207 g/mol. The topological polar surface area (TPSA) is 54.7 Å². The van der Waals surface area contributed by atoms with Gasteiger partial charge in [0, 0.05) is 17.3 Å². The van der Waals surface area contributed by atoms with Gasteiger partial charge >= 0.3 is 0 Å². The maximum Gasteiger partial charge on any atom is 0.126 e. The van der Waals surface area contributed by atoms with Crippen molar-refractivity contribution >= 4 is 0 Å². The Bertz CT molecular complexity index is 353. The number of aromatic nitrogens is 2. The number of nitrogens with zero attached hydrogens (tertiary/aromatic N) is 1. The molecule has 0 spiro atoms. The molecule has 15 heavy (non-hydrogen) atoms. The van der Waals surface area contributed by atoms with Crippen LogP contribution in [0, 0.1) is 5.92 Å². The molecule has 2 rings (SSSR count). The van der Waals surface area contributed by atoms with E-state index < -0.39 is 0 Å². The van der Waals surface area contributed by atoms with Gasteiger partial charge in [0.15, 0.2) is 0 Å². The van der Waals surface area contributed by atoms with Crippen LogP contribution in [0.4, 0.5) is 0 Å². The first-order chi connectivity index (χ1) is 6.82. The maximum atomic E-state index is 6.31. The van der Waals surface area contributed by atoms with Crippen LogP contribution in [-0.2, 0) is 11.0 Å². The van der Waals surface area contributed by atoms with E-state index in [0.29, 0.717) is 5.92 Å². The summed E-state index contributed by atoms with van der Waals surface area (Å²) in [5.41, 5.74) is 7.31. The molecular weight excluding hydrogens is 186 g/mol. The predicted molar refractivity (Wildman–Crippen MR) is 61.6 cm³/mol. The van der Waals surface area contributed by atoms with Crippen molar-refractivity contribution in [1.82, 2.24) is 9.97 Å². The molecule has 1 aliphatic rings. The van der Waals surface area contributed by atoms with Crippen molar-refractivity contribution in [2.75, 3.05) is 0 Å². The van der Waals surface area contributed by atoms with E-state index in [-0.39, 0.29) is 11.0 Å². The molecule has 1 aliphatic carbocycles. The fourth-order valence-corrected chi connectivity index (χ4v) is 1.85. The van der Waals surface area contributed by atoms with Gasteiger partial charge in [-0.2, -0.15) is 0 Å². The maximum absolute atomic E-state index is 6.31. The Morgan fingerprint density at radius 2 is 1.93 bits per heavy atom. The van der Waals surface area contributed by atoms with Crippen molar-refractivity contribution in [3.63, 3.8) is 0 Å². The summed E-state index contributed by atoms with van der Waals surface area (Å²) in [5, 5.41) is 0. The smallest absolute Gasteiger partial charge is 0.126 e. The molecule has 3 N–H and O–H groups in total. The van der Waals surface area contributed by atoms with E-state index in [2.05, 4.69) is 37.7 Å². The summed E-state index contributed by atoms with van der Waals surface area (Å²) in [4.78, 5) is 7.81. The fraction of sp³-hybridized carbons (Fsp3) is 0.750. The van der Waals surface area contributed by atoms with Crippen molar-refractivity contribution in [2.45, 2.75) is 51.5 Å². The second-order valence-electron chi connectivity index (χ2n) is 5.95. The van der Waals surface area contributed by atoms with E-state index in [1.54, 1.807) is 0 Å². The van der Waals surface area contributed by atoms with Gasteiger partial charge in [0.1, 0.15) is 5.82 Å². The summed E-state index contributed by atoms with van der Waals surface area (Å²) in [6, 6.07) is 0. The van der Waals surface area contributed by atoms with E-state index in [4.69, 9.17) is 5.73 Å². The van der Waals surface area contributed by atoms with E-state index in [9.17, 15) is 0 Å². The lowest BCUT2D eigenvalue weighted by Crippen LogP contribution is -2.36. The number of hydrogen-bond acceptors (Lipinski definition) is 2. The summed E-state index contributed by atoms with van der Waals surface area (Å²) in [5.74, 6) is 1.55. The number of H-pyrrole nitrogens is 1. The summed E-state index contributed by atoms with van der Waals surface area (Å²) in [6.07, 6.45) is 4.39. The normalized spacial score (nSPS) is 21.4. The lowest BCUT2D eigenvalue weighted by molar-refractivity contribution is 0.402. The third kappa shape index (κ3) is 1.93. The Labute approximate surface area is 91.5 Å². The van der Waals surface area contributed by atoms with Gasteiger partial charge < -0.3 is 10.7 Å². The summed E-state index contributed by atoms with van der Waals surface area (Å²) in [7, 11) is 0. The Morgan fingerprint density at radius 1 is 1.33 bits per heavy atom.